The summed E-state index contributed by atoms with van der Waals surface area (Å²) in [6, 6.07) is 78.7. The van der Waals surface area contributed by atoms with Crippen molar-refractivity contribution in [3.05, 3.63) is 218 Å². The molecule has 6 nitrogen and oxygen atoms in total. The molecule has 0 spiro atoms. The minimum absolute atomic E-state index is 0.839. The molecule has 0 aliphatic heterocycles. The van der Waals surface area contributed by atoms with Crippen molar-refractivity contribution in [2.45, 2.75) is 0 Å². The summed E-state index contributed by atoms with van der Waals surface area (Å²) < 4.78 is 18.1. The lowest BCUT2D eigenvalue weighted by atomic mass is 10.0. The van der Waals surface area contributed by atoms with Gasteiger partial charge in [-0.25, -0.2) is 0 Å². The van der Waals surface area contributed by atoms with Gasteiger partial charge in [-0.15, -0.1) is 0 Å². The molecule has 0 unspecified atom stereocenters. The maximum atomic E-state index is 6.77. The molecule has 15 rings (SSSR count). The lowest BCUT2D eigenvalue weighted by Crippen LogP contribution is -2.10. The largest absolute Gasteiger partial charge is 0.456 e. The van der Waals surface area contributed by atoms with E-state index in [1.54, 1.807) is 0 Å². The molecule has 0 bridgehead atoms. The Kier molecular flexibility index (Phi) is 8.10. The summed E-state index contributed by atoms with van der Waals surface area (Å²) in [5.74, 6) is 0. The topological polar surface area (TPSA) is 42.6 Å². The van der Waals surface area contributed by atoms with E-state index in [0.717, 1.165) is 99.5 Å². The number of hydrogen-bond acceptors (Lipinski definition) is 4. The number of fused-ring (bicyclic) bond motifs is 14. The first-order chi connectivity index (χ1) is 34.5. The van der Waals surface area contributed by atoms with Gasteiger partial charge in [-0.3, -0.25) is 0 Å². The second kappa shape index (κ2) is 14.6. The zero-order valence-corrected chi connectivity index (χ0v) is 38.4. The number of nitrogens with zero attached hydrogens (tertiary/aromatic N) is 4. The van der Waals surface area contributed by atoms with E-state index in [2.05, 4.69) is 251 Å². The maximum absolute atomic E-state index is 6.77. The number of para-hydroxylation sites is 4. The van der Waals surface area contributed by atoms with Gasteiger partial charge in [0, 0.05) is 91.0 Å². The third kappa shape index (κ3) is 5.62. The quantitative estimate of drug-likeness (QED) is 0.167. The highest BCUT2D eigenvalue weighted by atomic mass is 16.3. The summed E-state index contributed by atoms with van der Waals surface area (Å²) in [4.78, 5) is 4.76. The Balaban J connectivity index is 0.843. The summed E-state index contributed by atoms with van der Waals surface area (Å²) in [6.07, 6.45) is 0. The van der Waals surface area contributed by atoms with Crippen molar-refractivity contribution in [3.8, 4) is 0 Å². The van der Waals surface area contributed by atoms with Crippen LogP contribution in [0.2, 0.25) is 0 Å². The summed E-state index contributed by atoms with van der Waals surface area (Å²) >= 11 is 0. The Morgan fingerprint density at radius 1 is 0.286 bits per heavy atom. The van der Waals surface area contributed by atoms with Crippen molar-refractivity contribution < 1.29 is 8.83 Å². The van der Waals surface area contributed by atoms with Crippen LogP contribution in [-0.2, 0) is 14.1 Å². The van der Waals surface area contributed by atoms with Crippen LogP contribution in [0.4, 0.5) is 34.1 Å². The van der Waals surface area contributed by atoms with Crippen LogP contribution in [-0.4, -0.2) is 9.13 Å². The van der Waals surface area contributed by atoms with Crippen molar-refractivity contribution in [3.63, 3.8) is 0 Å². The summed E-state index contributed by atoms with van der Waals surface area (Å²) in [6.45, 7) is 0. The van der Waals surface area contributed by atoms with Crippen LogP contribution in [0.1, 0.15) is 0 Å². The molecule has 0 N–H and O–H groups in total. The SMILES string of the molecule is Cn1c2ccccc2c2c(N(c3ccccc3)c3ccc4cc5c(cc4c3)oc3cc4c(cc35)oc3cc5cc(N(c6ccccc6)c6cccc7c6c6ccccc6n7C)ccc5cc34)cccc21. The minimum atomic E-state index is 0.839. The van der Waals surface area contributed by atoms with Gasteiger partial charge >= 0.3 is 0 Å². The van der Waals surface area contributed by atoms with Crippen molar-refractivity contribution in [1.29, 1.82) is 0 Å². The molecule has 15 aromatic rings. The van der Waals surface area contributed by atoms with E-state index in [9.17, 15) is 0 Å². The number of benzene rings is 11. The van der Waals surface area contributed by atoms with E-state index in [4.69, 9.17) is 8.83 Å². The lowest BCUT2D eigenvalue weighted by Gasteiger charge is -2.26. The number of aryl methyl sites for hydroxylation is 2. The van der Waals surface area contributed by atoms with Gasteiger partial charge < -0.3 is 27.8 Å². The van der Waals surface area contributed by atoms with Crippen LogP contribution in [0.5, 0.6) is 0 Å². The van der Waals surface area contributed by atoms with Crippen LogP contribution in [0.25, 0.3) is 109 Å². The molecule has 0 atom stereocenters. The van der Waals surface area contributed by atoms with Crippen LogP contribution in [0, 0.1) is 0 Å². The van der Waals surface area contributed by atoms with Crippen molar-refractivity contribution >= 4 is 143 Å². The van der Waals surface area contributed by atoms with Crippen LogP contribution in [0.3, 0.4) is 0 Å². The maximum Gasteiger partial charge on any atom is 0.136 e. The number of aromatic nitrogens is 2. The average molecular weight is 899 g/mol. The molecule has 0 aliphatic carbocycles. The molecule has 6 heteroatoms. The molecule has 0 saturated carbocycles. The van der Waals surface area contributed by atoms with E-state index < -0.39 is 0 Å². The Morgan fingerprint density at radius 2 is 0.671 bits per heavy atom. The predicted molar refractivity (Wildman–Crippen MR) is 293 cm³/mol. The minimum Gasteiger partial charge on any atom is -0.456 e. The molecule has 70 heavy (non-hydrogen) atoms. The molecule has 4 aromatic heterocycles. The first kappa shape index (κ1) is 38.8. The van der Waals surface area contributed by atoms with Gasteiger partial charge in [-0.1, -0.05) is 97.1 Å². The third-order valence-electron chi connectivity index (χ3n) is 14.8. The van der Waals surface area contributed by atoms with Crippen LogP contribution < -0.4 is 9.80 Å². The Bertz CT molecular complexity index is 4340. The van der Waals surface area contributed by atoms with E-state index in [-0.39, 0.29) is 0 Å². The highest BCUT2D eigenvalue weighted by Gasteiger charge is 2.23. The molecule has 0 aliphatic rings. The Labute approximate surface area is 401 Å². The van der Waals surface area contributed by atoms with E-state index >= 15 is 0 Å². The zero-order valence-electron chi connectivity index (χ0n) is 38.4. The molecular formula is C64H42N4O2. The van der Waals surface area contributed by atoms with Crippen molar-refractivity contribution in [1.82, 2.24) is 9.13 Å². The van der Waals surface area contributed by atoms with Gasteiger partial charge in [-0.2, -0.15) is 0 Å². The summed E-state index contributed by atoms with van der Waals surface area (Å²) in [5, 5.41) is 13.6. The van der Waals surface area contributed by atoms with Crippen molar-refractivity contribution in [2.24, 2.45) is 14.1 Å². The first-order valence-corrected chi connectivity index (χ1v) is 23.9. The second-order valence-corrected chi connectivity index (χ2v) is 18.6. The predicted octanol–water partition coefficient (Wildman–Crippen LogP) is 18.0. The lowest BCUT2D eigenvalue weighted by molar-refractivity contribution is 0.664. The average Bonchev–Trinajstić information content (AvgIpc) is 4.12. The zero-order chi connectivity index (χ0) is 46.2. The molecule has 0 radical (unpaired) electrons. The number of rotatable bonds is 6. The number of furan rings is 2. The second-order valence-electron chi connectivity index (χ2n) is 18.6. The normalized spacial score (nSPS) is 12.1. The summed E-state index contributed by atoms with van der Waals surface area (Å²) in [7, 11) is 4.31. The fourth-order valence-corrected chi connectivity index (χ4v) is 11.5. The smallest absolute Gasteiger partial charge is 0.136 e. The summed E-state index contributed by atoms with van der Waals surface area (Å²) in [5.41, 5.74) is 14.8. The molecule has 11 aromatic carbocycles. The standard InChI is InChI=1S/C64H42N4O2/c1-65-53-21-11-9-19-47(53)63-55(65)23-13-25-57(63)67(43-15-5-3-6-16-43)45-29-27-39-33-49-51-37-62-52(38-61(51)69-59(49)35-41(39)31-45)50-34-40-28-30-46(32-42(40)36-60(50)70-62)68(44-17-7-4-8-18-44)58-26-14-24-56-64(58)48-20-10-12-22-54(48)66(56)2/h3-38H,1-2H3. The third-order valence-corrected chi connectivity index (χ3v) is 14.8. The van der Waals surface area contributed by atoms with Crippen LogP contribution in [0.15, 0.2) is 227 Å². The highest BCUT2D eigenvalue weighted by Crippen LogP contribution is 2.47. The van der Waals surface area contributed by atoms with Gasteiger partial charge in [0.2, 0.25) is 0 Å². The number of hydrogen-bond donors (Lipinski definition) is 0. The fraction of sp³-hybridized carbons (Fsp3) is 0.0312. The van der Waals surface area contributed by atoms with Gasteiger partial charge in [0.1, 0.15) is 22.3 Å². The fourth-order valence-electron chi connectivity index (χ4n) is 11.5. The molecule has 0 fully saturated rings. The Morgan fingerprint density at radius 3 is 1.13 bits per heavy atom. The highest BCUT2D eigenvalue weighted by molar-refractivity contribution is 6.20. The number of anilines is 6. The van der Waals surface area contributed by atoms with Gasteiger partial charge in [0.15, 0.2) is 0 Å². The molecule has 330 valence electrons. The monoisotopic (exact) mass is 898 g/mol. The van der Waals surface area contributed by atoms with Crippen LogP contribution >= 0.6 is 0 Å². The molecular weight excluding hydrogens is 857 g/mol. The first-order valence-electron chi connectivity index (χ1n) is 23.9. The Hall–Kier alpha value is -9.26. The van der Waals surface area contributed by atoms with Gasteiger partial charge in [-0.05, 0) is 143 Å². The molecule has 4 heterocycles. The van der Waals surface area contributed by atoms with Crippen molar-refractivity contribution in [2.75, 3.05) is 9.80 Å². The van der Waals surface area contributed by atoms with Gasteiger partial charge in [0.25, 0.3) is 0 Å². The van der Waals surface area contributed by atoms with Gasteiger partial charge in [0.05, 0.1) is 22.4 Å². The molecule has 0 amide bonds. The molecule has 0 saturated heterocycles. The van der Waals surface area contributed by atoms with E-state index in [1.807, 2.05) is 0 Å². The van der Waals surface area contributed by atoms with E-state index in [0.29, 0.717) is 0 Å². The van der Waals surface area contributed by atoms with E-state index in [1.165, 1.54) is 43.6 Å².